The number of hydrazone groups is 1. The van der Waals surface area contributed by atoms with Gasteiger partial charge in [0.1, 0.15) is 17.0 Å². The first-order valence-electron chi connectivity index (χ1n) is 12.6. The maximum absolute atomic E-state index is 13.0. The molecule has 0 amide bonds. The molecule has 37 heavy (non-hydrogen) atoms. The molecule has 0 fully saturated rings. The number of nitrogens with zero attached hydrogens (tertiary/aromatic N) is 4. The standard InChI is InChI=1S/C28H33N5O3S/c1-3-4-5-6-10-16-26(30-32-37(34,35)24-20-18-22(2)19-21-24)28(36-23-13-8-7-9-14-23)33-27-17-12-11-15-25(27)29-31-33/h7-9,11-15,17-21,28,32H,3-6,10,16H2,1-2H3. The van der Waals surface area contributed by atoms with Crippen molar-refractivity contribution in [3.05, 3.63) is 84.4 Å². The molecule has 1 heterocycles. The summed E-state index contributed by atoms with van der Waals surface area (Å²) in [5.41, 5.74) is 2.98. The van der Waals surface area contributed by atoms with Crippen LogP contribution in [0.15, 0.2) is 88.9 Å². The van der Waals surface area contributed by atoms with Crippen molar-refractivity contribution in [3.63, 3.8) is 0 Å². The van der Waals surface area contributed by atoms with Crippen LogP contribution in [-0.2, 0) is 10.0 Å². The van der Waals surface area contributed by atoms with Crippen LogP contribution in [0, 0.1) is 6.92 Å². The number of ether oxygens (including phenoxy) is 1. The molecule has 1 N–H and O–H groups in total. The zero-order valence-electron chi connectivity index (χ0n) is 21.2. The second-order valence-electron chi connectivity index (χ2n) is 8.98. The van der Waals surface area contributed by atoms with Crippen molar-refractivity contribution in [3.8, 4) is 5.75 Å². The summed E-state index contributed by atoms with van der Waals surface area (Å²) in [7, 11) is -3.87. The van der Waals surface area contributed by atoms with Gasteiger partial charge in [-0.1, -0.05) is 85.8 Å². The van der Waals surface area contributed by atoms with Gasteiger partial charge in [0.2, 0.25) is 6.23 Å². The molecule has 4 rings (SSSR count). The van der Waals surface area contributed by atoms with E-state index in [4.69, 9.17) is 4.74 Å². The minimum absolute atomic E-state index is 0.149. The predicted molar refractivity (Wildman–Crippen MR) is 146 cm³/mol. The van der Waals surface area contributed by atoms with Crippen molar-refractivity contribution < 1.29 is 13.2 Å². The summed E-state index contributed by atoms with van der Waals surface area (Å²) >= 11 is 0. The summed E-state index contributed by atoms with van der Waals surface area (Å²) < 4.78 is 34.1. The Balaban J connectivity index is 1.71. The average Bonchev–Trinajstić information content (AvgIpc) is 3.34. The molecule has 4 aromatic rings. The van der Waals surface area contributed by atoms with Crippen molar-refractivity contribution >= 4 is 26.8 Å². The van der Waals surface area contributed by atoms with E-state index in [1.165, 1.54) is 0 Å². The number of hydrogen-bond donors (Lipinski definition) is 1. The summed E-state index contributed by atoms with van der Waals surface area (Å²) in [4.78, 5) is 2.59. The Morgan fingerprint density at radius 2 is 1.65 bits per heavy atom. The topological polar surface area (TPSA) is 98.5 Å². The molecule has 0 radical (unpaired) electrons. The highest BCUT2D eigenvalue weighted by Crippen LogP contribution is 2.24. The number of para-hydroxylation sites is 2. The van der Waals surface area contributed by atoms with Crippen LogP contribution in [-0.4, -0.2) is 29.1 Å². The lowest BCUT2D eigenvalue weighted by molar-refractivity contribution is 0.185. The first-order chi connectivity index (χ1) is 18.0. The van der Waals surface area contributed by atoms with E-state index in [-0.39, 0.29) is 4.90 Å². The van der Waals surface area contributed by atoms with E-state index in [2.05, 4.69) is 27.2 Å². The molecule has 0 bridgehead atoms. The van der Waals surface area contributed by atoms with Gasteiger partial charge in [0.25, 0.3) is 10.0 Å². The molecule has 1 aromatic heterocycles. The van der Waals surface area contributed by atoms with Gasteiger partial charge in [-0.3, -0.25) is 0 Å². The predicted octanol–water partition coefficient (Wildman–Crippen LogP) is 6.01. The van der Waals surface area contributed by atoms with Crippen LogP contribution >= 0.6 is 0 Å². The maximum Gasteiger partial charge on any atom is 0.276 e. The normalized spacial score (nSPS) is 13.0. The monoisotopic (exact) mass is 519 g/mol. The SMILES string of the molecule is CCCCCCCC(=NNS(=O)(=O)c1ccc(C)cc1)C(Oc1ccccc1)n1nnc2ccccc21. The third-order valence-corrected chi connectivity index (χ3v) is 7.28. The minimum atomic E-state index is -3.87. The van der Waals surface area contributed by atoms with Gasteiger partial charge in [0, 0.05) is 0 Å². The minimum Gasteiger partial charge on any atom is -0.463 e. The van der Waals surface area contributed by atoms with E-state index in [0.717, 1.165) is 43.2 Å². The summed E-state index contributed by atoms with van der Waals surface area (Å²) in [6, 6.07) is 23.6. The fourth-order valence-corrected chi connectivity index (χ4v) is 4.82. The van der Waals surface area contributed by atoms with Gasteiger partial charge >= 0.3 is 0 Å². The van der Waals surface area contributed by atoms with Gasteiger partial charge in [-0.15, -0.1) is 5.10 Å². The van der Waals surface area contributed by atoms with E-state index in [9.17, 15) is 8.42 Å². The number of benzene rings is 3. The Hall–Kier alpha value is -3.72. The van der Waals surface area contributed by atoms with Crippen LogP contribution < -0.4 is 9.57 Å². The van der Waals surface area contributed by atoms with Gasteiger partial charge in [-0.2, -0.15) is 23.0 Å². The van der Waals surface area contributed by atoms with Crippen molar-refractivity contribution in [2.75, 3.05) is 0 Å². The lowest BCUT2D eigenvalue weighted by Gasteiger charge is -2.22. The van der Waals surface area contributed by atoms with Gasteiger partial charge in [0.05, 0.1) is 10.4 Å². The van der Waals surface area contributed by atoms with Crippen molar-refractivity contribution in [1.29, 1.82) is 0 Å². The number of unbranched alkanes of at least 4 members (excludes halogenated alkanes) is 4. The molecule has 0 aliphatic carbocycles. The molecule has 8 nitrogen and oxygen atoms in total. The molecule has 194 valence electrons. The van der Waals surface area contributed by atoms with E-state index in [0.29, 0.717) is 23.4 Å². The molecule has 0 saturated heterocycles. The highest BCUT2D eigenvalue weighted by atomic mass is 32.2. The first-order valence-corrected chi connectivity index (χ1v) is 14.1. The summed E-state index contributed by atoms with van der Waals surface area (Å²) in [6.07, 6.45) is 5.00. The quantitative estimate of drug-likeness (QED) is 0.132. The van der Waals surface area contributed by atoms with Crippen molar-refractivity contribution in [2.24, 2.45) is 5.10 Å². The number of nitrogens with one attached hydrogen (secondary N) is 1. The van der Waals surface area contributed by atoms with Crippen molar-refractivity contribution in [2.45, 2.75) is 63.5 Å². The Morgan fingerprint density at radius 3 is 2.41 bits per heavy atom. The zero-order chi connectivity index (χ0) is 26.1. The van der Waals surface area contributed by atoms with Gasteiger partial charge in [-0.05, 0) is 56.2 Å². The zero-order valence-corrected chi connectivity index (χ0v) is 22.1. The van der Waals surface area contributed by atoms with Crippen LogP contribution in [0.1, 0.15) is 57.2 Å². The number of sulfonamides is 1. The number of fused-ring (bicyclic) bond motifs is 1. The Bertz CT molecular complexity index is 1420. The second kappa shape index (κ2) is 12.5. The highest BCUT2D eigenvalue weighted by molar-refractivity contribution is 7.89. The first kappa shape index (κ1) is 26.3. The molecule has 9 heteroatoms. The fourth-order valence-electron chi connectivity index (χ4n) is 3.98. The van der Waals surface area contributed by atoms with E-state index in [1.807, 2.05) is 61.5 Å². The summed E-state index contributed by atoms with van der Waals surface area (Å²) in [5, 5.41) is 13.1. The van der Waals surface area contributed by atoms with E-state index < -0.39 is 16.3 Å². The Morgan fingerprint density at radius 1 is 0.946 bits per heavy atom. The number of hydrogen-bond acceptors (Lipinski definition) is 6. The molecular formula is C28H33N5O3S. The number of rotatable bonds is 13. The van der Waals surface area contributed by atoms with Gasteiger partial charge < -0.3 is 4.74 Å². The third kappa shape index (κ3) is 6.95. The van der Waals surface area contributed by atoms with Crippen LogP contribution in [0.3, 0.4) is 0 Å². The van der Waals surface area contributed by atoms with Gasteiger partial charge in [-0.25, -0.2) is 0 Å². The van der Waals surface area contributed by atoms with Crippen LogP contribution in [0.25, 0.3) is 11.0 Å². The van der Waals surface area contributed by atoms with Crippen molar-refractivity contribution in [1.82, 2.24) is 19.8 Å². The van der Waals surface area contributed by atoms with E-state index in [1.54, 1.807) is 28.9 Å². The lowest BCUT2D eigenvalue weighted by atomic mass is 10.1. The maximum atomic E-state index is 13.0. The molecule has 0 spiro atoms. The average molecular weight is 520 g/mol. The molecule has 0 saturated carbocycles. The Labute approximate surface area is 218 Å². The summed E-state index contributed by atoms with van der Waals surface area (Å²) in [5.74, 6) is 0.618. The molecule has 0 aliphatic heterocycles. The molecule has 1 unspecified atom stereocenters. The second-order valence-corrected chi connectivity index (χ2v) is 10.6. The number of aryl methyl sites for hydroxylation is 1. The highest BCUT2D eigenvalue weighted by Gasteiger charge is 2.25. The van der Waals surface area contributed by atoms with E-state index >= 15 is 0 Å². The van der Waals surface area contributed by atoms with Gasteiger partial charge in [0.15, 0.2) is 0 Å². The molecular weight excluding hydrogens is 486 g/mol. The summed E-state index contributed by atoms with van der Waals surface area (Å²) in [6.45, 7) is 4.08. The lowest BCUT2D eigenvalue weighted by Crippen LogP contribution is -2.30. The third-order valence-electron chi connectivity index (χ3n) is 6.05. The molecule has 1 atom stereocenters. The van der Waals surface area contributed by atoms with Crippen LogP contribution in [0.4, 0.5) is 0 Å². The van der Waals surface area contributed by atoms with Crippen LogP contribution in [0.2, 0.25) is 0 Å². The fraction of sp³-hybridized carbons (Fsp3) is 0.321. The smallest absolute Gasteiger partial charge is 0.276 e. The molecule has 0 aliphatic rings. The van der Waals surface area contributed by atoms with Crippen LogP contribution in [0.5, 0.6) is 5.75 Å². The molecule has 3 aromatic carbocycles. The number of aromatic nitrogens is 3. The largest absolute Gasteiger partial charge is 0.463 e. The Kier molecular flexibility index (Phi) is 8.90.